The number of likely N-dealkylation sites (N-methyl/N-ethyl adjacent to an activating group) is 1. The van der Waals surface area contributed by atoms with Crippen LogP contribution in [0, 0.1) is 0 Å². The van der Waals surface area contributed by atoms with Gasteiger partial charge in [-0.2, -0.15) is 4.98 Å². The molecule has 2 aromatic heterocycles. The highest BCUT2D eigenvalue weighted by molar-refractivity contribution is 6.33. The smallest absolute Gasteiger partial charge is 0.304 e. The molecule has 3 N–H and O–H groups in total. The van der Waals surface area contributed by atoms with Crippen molar-refractivity contribution < 1.29 is 9.90 Å². The lowest BCUT2D eigenvalue weighted by atomic mass is 9.81. The minimum atomic E-state index is -0.837. The quantitative estimate of drug-likeness (QED) is 0.293. The Labute approximate surface area is 226 Å². The highest BCUT2D eigenvalue weighted by atomic mass is 35.5. The number of rotatable bonds is 6. The molecule has 194 valence electrons. The van der Waals surface area contributed by atoms with Crippen molar-refractivity contribution in [3.63, 3.8) is 0 Å². The van der Waals surface area contributed by atoms with Gasteiger partial charge in [-0.25, -0.2) is 4.98 Å². The number of carboxylic acid groups (broad SMARTS) is 1. The number of carboxylic acids is 1. The van der Waals surface area contributed by atoms with E-state index in [0.29, 0.717) is 23.3 Å². The van der Waals surface area contributed by atoms with Crippen molar-refractivity contribution in [1.82, 2.24) is 19.9 Å². The first-order valence-corrected chi connectivity index (χ1v) is 13.0. The molecule has 0 amide bonds. The number of nitrogens with one attached hydrogen (secondary N) is 2. The minimum Gasteiger partial charge on any atom is -0.481 e. The van der Waals surface area contributed by atoms with Crippen LogP contribution in [0.1, 0.15) is 30.0 Å². The molecule has 0 fully saturated rings. The summed E-state index contributed by atoms with van der Waals surface area (Å²) >= 11 is 6.63. The lowest BCUT2D eigenvalue weighted by Gasteiger charge is -2.28. The molecule has 0 radical (unpaired) electrons. The molecule has 4 aromatic rings. The molecule has 9 heteroatoms. The van der Waals surface area contributed by atoms with Gasteiger partial charge in [-0.05, 0) is 65.6 Å². The summed E-state index contributed by atoms with van der Waals surface area (Å²) in [6.45, 7) is 4.33. The number of nitrogens with zero attached hydrogens (tertiary/aromatic N) is 4. The first-order chi connectivity index (χ1) is 18.3. The van der Waals surface area contributed by atoms with Crippen LogP contribution in [0.5, 0.6) is 0 Å². The number of para-hydroxylation sites is 1. The molecule has 2 aromatic carbocycles. The van der Waals surface area contributed by atoms with E-state index in [-0.39, 0.29) is 6.42 Å². The van der Waals surface area contributed by atoms with Gasteiger partial charge < -0.3 is 25.2 Å². The molecule has 4 heterocycles. The second kappa shape index (κ2) is 9.45. The Kier molecular flexibility index (Phi) is 6.08. The standard InChI is InChI=1S/C29H29ClN6O2/c1-29(13-26(37)38)17-36(25-6-4-3-5-23(25)29)27-24(30)15-32-28(34-27)33-20-11-19-16-35(2)10-8-21(19)22(12-20)18-7-9-31-14-18/h3-7,9,11-12,14-15,31H,8,10,13,16-17H2,1-2H3,(H,37,38)(H,32,33,34). The van der Waals surface area contributed by atoms with E-state index in [9.17, 15) is 9.90 Å². The normalized spacial score (nSPS) is 18.8. The Morgan fingerprint density at radius 1 is 1.26 bits per heavy atom. The van der Waals surface area contributed by atoms with Gasteiger partial charge in [0.1, 0.15) is 5.02 Å². The summed E-state index contributed by atoms with van der Waals surface area (Å²) in [5.74, 6) is 0.142. The van der Waals surface area contributed by atoms with Crippen molar-refractivity contribution >= 4 is 40.7 Å². The summed E-state index contributed by atoms with van der Waals surface area (Å²) in [5.41, 5.74) is 7.23. The molecule has 8 nitrogen and oxygen atoms in total. The average Bonchev–Trinajstić information content (AvgIpc) is 3.51. The predicted molar refractivity (Wildman–Crippen MR) is 150 cm³/mol. The maximum absolute atomic E-state index is 11.7. The zero-order chi connectivity index (χ0) is 26.4. The second-order valence-electron chi connectivity index (χ2n) is 10.5. The number of aromatic nitrogens is 3. The minimum absolute atomic E-state index is 0.0137. The zero-order valence-electron chi connectivity index (χ0n) is 21.3. The van der Waals surface area contributed by atoms with Crippen LogP contribution in [0.2, 0.25) is 5.02 Å². The van der Waals surface area contributed by atoms with Crippen LogP contribution in [-0.2, 0) is 23.2 Å². The van der Waals surface area contributed by atoms with Crippen molar-refractivity contribution in [3.8, 4) is 11.1 Å². The van der Waals surface area contributed by atoms with Crippen molar-refractivity contribution in [3.05, 3.63) is 82.8 Å². The summed E-state index contributed by atoms with van der Waals surface area (Å²) < 4.78 is 0. The first-order valence-electron chi connectivity index (χ1n) is 12.7. The van der Waals surface area contributed by atoms with Gasteiger partial charge in [0, 0.05) is 48.8 Å². The Bertz CT molecular complexity index is 1520. The number of H-pyrrole nitrogens is 1. The van der Waals surface area contributed by atoms with E-state index in [1.54, 1.807) is 6.20 Å². The number of hydrogen-bond donors (Lipinski definition) is 3. The molecule has 1 atom stereocenters. The molecule has 0 saturated carbocycles. The van der Waals surface area contributed by atoms with Crippen molar-refractivity contribution in [2.45, 2.75) is 31.7 Å². The van der Waals surface area contributed by atoms with E-state index >= 15 is 0 Å². The van der Waals surface area contributed by atoms with E-state index in [0.717, 1.165) is 42.0 Å². The van der Waals surface area contributed by atoms with E-state index < -0.39 is 11.4 Å². The number of benzene rings is 2. The van der Waals surface area contributed by atoms with Crippen LogP contribution in [0.25, 0.3) is 11.1 Å². The fourth-order valence-corrected chi connectivity index (χ4v) is 6.00. The van der Waals surface area contributed by atoms with Crippen molar-refractivity contribution in [1.29, 1.82) is 0 Å². The third kappa shape index (κ3) is 4.40. The SMILES string of the molecule is CN1CCc2c(cc(Nc3ncc(Cl)c(N4CC(C)(CC(=O)O)c5ccccc54)n3)cc2-c2cc[nH]c2)C1. The van der Waals surface area contributed by atoms with Crippen molar-refractivity contribution in [2.75, 3.05) is 30.4 Å². The number of halogens is 1. The number of aliphatic carboxylic acids is 1. The van der Waals surface area contributed by atoms with Crippen LogP contribution in [-0.4, -0.2) is 51.1 Å². The van der Waals surface area contributed by atoms with Crippen LogP contribution in [0.3, 0.4) is 0 Å². The highest BCUT2D eigenvalue weighted by Gasteiger charge is 2.42. The Morgan fingerprint density at radius 3 is 2.89 bits per heavy atom. The van der Waals surface area contributed by atoms with Crippen molar-refractivity contribution in [2.24, 2.45) is 0 Å². The summed E-state index contributed by atoms with van der Waals surface area (Å²) in [6, 6.07) is 14.3. The molecule has 0 aliphatic carbocycles. The Morgan fingerprint density at radius 2 is 2.11 bits per heavy atom. The van der Waals surface area contributed by atoms with E-state index in [1.165, 1.54) is 16.7 Å². The molecule has 2 aliphatic rings. The molecular formula is C29H29ClN6O2. The molecule has 38 heavy (non-hydrogen) atoms. The fraction of sp³-hybridized carbons (Fsp3) is 0.276. The topological polar surface area (TPSA) is 97.4 Å². The first kappa shape index (κ1) is 24.5. The fourth-order valence-electron chi connectivity index (χ4n) is 5.81. The van der Waals surface area contributed by atoms with E-state index in [2.05, 4.69) is 45.4 Å². The van der Waals surface area contributed by atoms with Gasteiger partial charge in [-0.3, -0.25) is 4.79 Å². The predicted octanol–water partition coefficient (Wildman–Crippen LogP) is 5.74. The number of anilines is 4. The number of aromatic amines is 1. The van der Waals surface area contributed by atoms with Gasteiger partial charge in [0.25, 0.3) is 0 Å². The largest absolute Gasteiger partial charge is 0.481 e. The maximum atomic E-state index is 11.7. The molecular weight excluding hydrogens is 500 g/mol. The Hall–Kier alpha value is -3.88. The van der Waals surface area contributed by atoms with Gasteiger partial charge in [0.2, 0.25) is 5.95 Å². The number of hydrogen-bond acceptors (Lipinski definition) is 6. The summed E-state index contributed by atoms with van der Waals surface area (Å²) in [7, 11) is 2.14. The molecule has 1 unspecified atom stereocenters. The summed E-state index contributed by atoms with van der Waals surface area (Å²) in [4.78, 5) is 28.5. The van der Waals surface area contributed by atoms with E-state index in [4.69, 9.17) is 16.6 Å². The molecule has 0 bridgehead atoms. The van der Waals surface area contributed by atoms with Crippen LogP contribution in [0.4, 0.5) is 23.1 Å². The molecule has 2 aliphatic heterocycles. The second-order valence-corrected chi connectivity index (χ2v) is 10.9. The monoisotopic (exact) mass is 528 g/mol. The average molecular weight is 529 g/mol. The summed E-state index contributed by atoms with van der Waals surface area (Å²) in [6.07, 6.45) is 6.57. The van der Waals surface area contributed by atoms with Crippen LogP contribution in [0.15, 0.2) is 61.1 Å². The lowest BCUT2D eigenvalue weighted by Crippen LogP contribution is -2.31. The van der Waals surface area contributed by atoms with Gasteiger partial charge in [-0.1, -0.05) is 36.7 Å². The third-order valence-corrected chi connectivity index (χ3v) is 7.83. The van der Waals surface area contributed by atoms with E-state index in [1.807, 2.05) is 48.5 Å². The van der Waals surface area contributed by atoms with Gasteiger partial charge in [0.05, 0.1) is 12.6 Å². The number of carbonyl (C=O) groups is 1. The molecule has 6 rings (SSSR count). The van der Waals surface area contributed by atoms with Crippen LogP contribution >= 0.6 is 11.6 Å². The third-order valence-electron chi connectivity index (χ3n) is 7.57. The van der Waals surface area contributed by atoms with Gasteiger partial charge in [-0.15, -0.1) is 0 Å². The Balaban J connectivity index is 1.37. The highest BCUT2D eigenvalue weighted by Crippen LogP contribution is 2.47. The molecule has 0 spiro atoms. The molecule has 0 saturated heterocycles. The maximum Gasteiger partial charge on any atom is 0.304 e. The summed E-state index contributed by atoms with van der Waals surface area (Å²) in [5, 5.41) is 13.4. The van der Waals surface area contributed by atoms with Gasteiger partial charge >= 0.3 is 5.97 Å². The van der Waals surface area contributed by atoms with Crippen LogP contribution < -0.4 is 10.2 Å². The lowest BCUT2D eigenvalue weighted by molar-refractivity contribution is -0.138. The van der Waals surface area contributed by atoms with Gasteiger partial charge in [0.15, 0.2) is 5.82 Å². The zero-order valence-corrected chi connectivity index (χ0v) is 22.1. The number of fused-ring (bicyclic) bond motifs is 2.